The lowest BCUT2D eigenvalue weighted by atomic mass is 9.85. The van der Waals surface area contributed by atoms with Crippen LogP contribution in [0.25, 0.3) is 11.1 Å². The number of carbonyl (C=O) groups is 3. The highest BCUT2D eigenvalue weighted by molar-refractivity contribution is 6.05. The average molecular weight is 738 g/mol. The third-order valence-corrected chi connectivity index (χ3v) is 12.2. The fourth-order valence-corrected chi connectivity index (χ4v) is 9.15. The number of hydrogen-bond acceptors (Lipinski definition) is 7. The van der Waals surface area contributed by atoms with Crippen LogP contribution in [0.2, 0.25) is 0 Å². The Morgan fingerprint density at radius 2 is 1.53 bits per heavy atom. The topological polar surface area (TPSA) is 105 Å². The standard InChI is InChI=1S/C46H51N5O4/c1-2-40(33-6-4-3-5-7-33)44(35-12-15-39(52)16-13-35)34-10-8-31(9-11-34)32-20-24-49(25-21-32)26-22-38-29-47-23-27-50(38)37-14-17-41-36(28-37)30-51(46(41)55)42-18-19-43(53)48-45(42)54/h3-17,28,32,38,42,47,52H,2,18-27,29-30H2,1H3,(H,48,53,54)/b44-40+. The minimum absolute atomic E-state index is 0.128. The maximum Gasteiger partial charge on any atom is 0.255 e. The van der Waals surface area contributed by atoms with Crippen LogP contribution >= 0.6 is 0 Å². The number of amides is 3. The second-order valence-corrected chi connectivity index (χ2v) is 15.4. The van der Waals surface area contributed by atoms with Crippen LogP contribution in [0.5, 0.6) is 5.75 Å². The number of hydrogen-bond donors (Lipinski definition) is 3. The molecular weight excluding hydrogens is 687 g/mol. The maximum absolute atomic E-state index is 13.3. The Kier molecular flexibility index (Phi) is 10.8. The molecule has 0 aromatic heterocycles. The molecule has 3 amide bonds. The molecule has 2 unspecified atom stereocenters. The molecule has 55 heavy (non-hydrogen) atoms. The SMILES string of the molecule is CC/C(=C(\c1ccc(O)cc1)c1ccc(C2CCN(CCC3CNCCN3c3ccc4c(c3)CN(C3CCC(=O)NC3=O)C4=O)CC2)cc1)c1ccccc1. The van der Waals surface area contributed by atoms with E-state index in [9.17, 15) is 19.5 Å². The molecule has 3 N–H and O–H groups in total. The number of phenols is 1. The largest absolute Gasteiger partial charge is 0.508 e. The first-order valence-corrected chi connectivity index (χ1v) is 20.0. The molecule has 3 fully saturated rings. The number of rotatable bonds is 10. The molecule has 4 aromatic carbocycles. The minimum Gasteiger partial charge on any atom is -0.508 e. The van der Waals surface area contributed by atoms with Gasteiger partial charge in [-0.25, -0.2) is 0 Å². The van der Waals surface area contributed by atoms with E-state index in [4.69, 9.17) is 0 Å². The number of allylic oxidation sites excluding steroid dienone is 1. The van der Waals surface area contributed by atoms with Crippen molar-refractivity contribution >= 4 is 34.6 Å². The summed E-state index contributed by atoms with van der Waals surface area (Å²) in [5.74, 6) is 0.0333. The summed E-state index contributed by atoms with van der Waals surface area (Å²) in [6, 6.07) is 33.3. The van der Waals surface area contributed by atoms with Crippen molar-refractivity contribution < 1.29 is 19.5 Å². The molecule has 0 saturated carbocycles. The third-order valence-electron chi connectivity index (χ3n) is 12.2. The Labute approximate surface area is 324 Å². The highest BCUT2D eigenvalue weighted by atomic mass is 16.3. The van der Waals surface area contributed by atoms with Crippen molar-refractivity contribution in [2.45, 2.75) is 70.0 Å². The van der Waals surface area contributed by atoms with Gasteiger partial charge in [0.1, 0.15) is 11.8 Å². The number of fused-ring (bicyclic) bond motifs is 1. The summed E-state index contributed by atoms with van der Waals surface area (Å²) in [5, 5.41) is 16.0. The number of phenolic OH excluding ortho intramolecular Hbond substituents is 1. The van der Waals surface area contributed by atoms with Crippen molar-refractivity contribution in [3.63, 3.8) is 0 Å². The molecule has 0 spiro atoms. The van der Waals surface area contributed by atoms with E-state index < -0.39 is 6.04 Å². The van der Waals surface area contributed by atoms with Crippen LogP contribution in [0.1, 0.15) is 89.5 Å². The lowest BCUT2D eigenvalue weighted by Gasteiger charge is -2.40. The van der Waals surface area contributed by atoms with Gasteiger partial charge in [0.2, 0.25) is 11.8 Å². The summed E-state index contributed by atoms with van der Waals surface area (Å²) >= 11 is 0. The Morgan fingerprint density at radius 3 is 2.24 bits per heavy atom. The number of anilines is 1. The van der Waals surface area contributed by atoms with Gasteiger partial charge in [0.05, 0.1) is 0 Å². The lowest BCUT2D eigenvalue weighted by molar-refractivity contribution is -0.136. The van der Waals surface area contributed by atoms with E-state index in [1.54, 1.807) is 17.0 Å². The van der Waals surface area contributed by atoms with E-state index in [1.807, 2.05) is 18.2 Å². The predicted molar refractivity (Wildman–Crippen MR) is 217 cm³/mol. The fourth-order valence-electron chi connectivity index (χ4n) is 9.15. The molecule has 284 valence electrons. The first-order valence-electron chi connectivity index (χ1n) is 20.0. The normalized spacial score (nSPS) is 21.4. The number of nitrogens with one attached hydrogen (secondary N) is 2. The molecule has 4 aliphatic heterocycles. The maximum atomic E-state index is 13.3. The van der Waals surface area contributed by atoms with Crippen LogP contribution in [0.15, 0.2) is 97.1 Å². The average Bonchev–Trinajstić information content (AvgIpc) is 3.55. The highest BCUT2D eigenvalue weighted by Crippen LogP contribution is 2.37. The molecule has 0 bridgehead atoms. The van der Waals surface area contributed by atoms with Crippen molar-refractivity contribution in [2.24, 2.45) is 0 Å². The molecule has 9 nitrogen and oxygen atoms in total. The highest BCUT2D eigenvalue weighted by Gasteiger charge is 2.39. The Morgan fingerprint density at radius 1 is 0.800 bits per heavy atom. The molecule has 4 aliphatic rings. The molecule has 0 aliphatic carbocycles. The summed E-state index contributed by atoms with van der Waals surface area (Å²) in [6.07, 6.45) is 4.86. The van der Waals surface area contributed by atoms with E-state index in [1.165, 1.54) is 27.8 Å². The Balaban J connectivity index is 0.893. The van der Waals surface area contributed by atoms with E-state index >= 15 is 0 Å². The summed E-state index contributed by atoms with van der Waals surface area (Å²) in [6.45, 7) is 8.55. The number of imide groups is 1. The van der Waals surface area contributed by atoms with Gasteiger partial charge in [0.25, 0.3) is 5.91 Å². The van der Waals surface area contributed by atoms with Gasteiger partial charge in [-0.15, -0.1) is 0 Å². The molecular formula is C46H51N5O4. The van der Waals surface area contributed by atoms with Crippen molar-refractivity contribution in [2.75, 3.05) is 44.2 Å². The van der Waals surface area contributed by atoms with Crippen LogP contribution in [0.3, 0.4) is 0 Å². The van der Waals surface area contributed by atoms with Crippen molar-refractivity contribution in [3.8, 4) is 5.75 Å². The van der Waals surface area contributed by atoms with E-state index in [-0.39, 0.29) is 29.9 Å². The number of nitrogens with zero attached hydrogens (tertiary/aromatic N) is 3. The van der Waals surface area contributed by atoms with Gasteiger partial charge >= 0.3 is 0 Å². The zero-order chi connectivity index (χ0) is 37.9. The fraction of sp³-hybridized carbons (Fsp3) is 0.370. The van der Waals surface area contributed by atoms with E-state index in [2.05, 4.69) is 94.1 Å². The number of carbonyl (C=O) groups excluding carboxylic acids is 3. The predicted octanol–water partition coefficient (Wildman–Crippen LogP) is 6.57. The molecule has 4 heterocycles. The second-order valence-electron chi connectivity index (χ2n) is 15.4. The van der Waals surface area contributed by atoms with Gasteiger partial charge in [-0.3, -0.25) is 19.7 Å². The smallest absolute Gasteiger partial charge is 0.255 e. The van der Waals surface area contributed by atoms with Gasteiger partial charge < -0.3 is 25.1 Å². The van der Waals surface area contributed by atoms with E-state index in [0.29, 0.717) is 30.5 Å². The third kappa shape index (κ3) is 7.82. The summed E-state index contributed by atoms with van der Waals surface area (Å²) in [4.78, 5) is 44.3. The number of benzene rings is 4. The molecule has 4 aromatic rings. The number of piperidine rings is 2. The quantitative estimate of drug-likeness (QED) is 0.125. The number of aromatic hydroxyl groups is 1. The van der Waals surface area contributed by atoms with Gasteiger partial charge in [-0.05, 0) is 120 Å². The molecule has 8 rings (SSSR count). The van der Waals surface area contributed by atoms with E-state index in [0.717, 1.165) is 81.8 Å². The molecule has 3 saturated heterocycles. The van der Waals surface area contributed by atoms with Gasteiger partial charge in [0.15, 0.2) is 0 Å². The Hall–Kier alpha value is -5.25. The Bertz CT molecular complexity index is 2050. The van der Waals surface area contributed by atoms with Gasteiger partial charge in [-0.1, -0.05) is 73.7 Å². The second kappa shape index (κ2) is 16.2. The van der Waals surface area contributed by atoms with Crippen LogP contribution in [-0.2, 0) is 16.1 Å². The van der Waals surface area contributed by atoms with Crippen LogP contribution in [0.4, 0.5) is 5.69 Å². The summed E-state index contributed by atoms with van der Waals surface area (Å²) < 4.78 is 0. The first kappa shape index (κ1) is 36.7. The molecule has 0 radical (unpaired) electrons. The van der Waals surface area contributed by atoms with Crippen LogP contribution in [0, 0.1) is 0 Å². The van der Waals surface area contributed by atoms with Crippen LogP contribution < -0.4 is 15.5 Å². The number of piperazine rings is 1. The lowest BCUT2D eigenvalue weighted by Crippen LogP contribution is -2.52. The minimum atomic E-state index is -0.600. The van der Waals surface area contributed by atoms with Crippen molar-refractivity contribution in [1.29, 1.82) is 0 Å². The summed E-state index contributed by atoms with van der Waals surface area (Å²) in [7, 11) is 0. The zero-order valence-electron chi connectivity index (χ0n) is 31.7. The van der Waals surface area contributed by atoms with Crippen molar-refractivity contribution in [3.05, 3.63) is 130 Å². The zero-order valence-corrected chi connectivity index (χ0v) is 31.7. The van der Waals surface area contributed by atoms with Gasteiger partial charge in [-0.2, -0.15) is 0 Å². The van der Waals surface area contributed by atoms with Crippen molar-refractivity contribution in [1.82, 2.24) is 20.4 Å². The summed E-state index contributed by atoms with van der Waals surface area (Å²) in [5.41, 5.74) is 10.2. The van der Waals surface area contributed by atoms with Crippen LogP contribution in [-0.4, -0.2) is 84.0 Å². The monoisotopic (exact) mass is 737 g/mol. The number of likely N-dealkylation sites (tertiary alicyclic amines) is 1. The molecule has 9 heteroatoms. The first-order chi connectivity index (χ1) is 26.9. The van der Waals surface area contributed by atoms with Gasteiger partial charge in [0, 0.05) is 56.4 Å². The molecule has 2 atom stereocenters.